The fraction of sp³-hybridized carbons (Fsp3) is 0.500. The van der Waals surface area contributed by atoms with E-state index in [9.17, 15) is 23.3 Å². The smallest absolute Gasteiger partial charge is 0.391 e. The molecule has 0 saturated heterocycles. The lowest BCUT2D eigenvalue weighted by Crippen LogP contribution is -2.24. The number of anilines is 1. The largest absolute Gasteiger partial charge is 0.493 e. The van der Waals surface area contributed by atoms with Gasteiger partial charge >= 0.3 is 6.18 Å². The second-order valence-electron chi connectivity index (χ2n) is 4.35. The molecular weight excluding hydrogens is 293 g/mol. The van der Waals surface area contributed by atoms with Crippen LogP contribution >= 0.6 is 0 Å². The maximum atomic E-state index is 12.3. The van der Waals surface area contributed by atoms with Crippen molar-refractivity contribution in [3.63, 3.8) is 0 Å². The quantitative estimate of drug-likeness (QED) is 0.644. The van der Waals surface area contributed by atoms with Crippen molar-refractivity contribution in [3.05, 3.63) is 22.2 Å². The first kappa shape index (κ1) is 16.9. The molecule has 0 aliphatic heterocycles. The van der Waals surface area contributed by atoms with E-state index >= 15 is 0 Å². The van der Waals surface area contributed by atoms with Crippen LogP contribution in [-0.4, -0.2) is 31.4 Å². The average Bonchev–Trinajstić information content (AvgIpc) is 2.35. The Labute approximate surface area is 119 Å². The molecule has 1 aromatic carbocycles. The van der Waals surface area contributed by atoms with Crippen molar-refractivity contribution in [1.29, 1.82) is 0 Å². The summed E-state index contributed by atoms with van der Waals surface area (Å²) in [5.74, 6) is 0.308. The third kappa shape index (κ3) is 4.69. The maximum Gasteiger partial charge on any atom is 0.391 e. The SMILES string of the molecule is COc1cc(NC(C)CC(F)(F)F)c([N+](=O)[O-])cc1OC. The van der Waals surface area contributed by atoms with Gasteiger partial charge in [0.25, 0.3) is 5.69 Å². The number of ether oxygens (including phenoxy) is 2. The van der Waals surface area contributed by atoms with Gasteiger partial charge in [-0.05, 0) is 6.92 Å². The van der Waals surface area contributed by atoms with Gasteiger partial charge in [0.2, 0.25) is 0 Å². The lowest BCUT2D eigenvalue weighted by Gasteiger charge is -2.18. The normalized spacial score (nSPS) is 12.7. The molecule has 0 aliphatic rings. The van der Waals surface area contributed by atoms with Crippen molar-refractivity contribution in [2.24, 2.45) is 0 Å². The van der Waals surface area contributed by atoms with Crippen LogP contribution in [0.1, 0.15) is 13.3 Å². The highest BCUT2D eigenvalue weighted by molar-refractivity contribution is 5.68. The summed E-state index contributed by atoms with van der Waals surface area (Å²) in [5, 5.41) is 13.5. The molecule has 0 fully saturated rings. The van der Waals surface area contributed by atoms with Crippen molar-refractivity contribution in [1.82, 2.24) is 0 Å². The van der Waals surface area contributed by atoms with Crippen LogP contribution in [0.4, 0.5) is 24.5 Å². The van der Waals surface area contributed by atoms with Crippen LogP contribution in [0.5, 0.6) is 11.5 Å². The molecule has 6 nitrogen and oxygen atoms in total. The topological polar surface area (TPSA) is 73.6 Å². The van der Waals surface area contributed by atoms with Crippen LogP contribution in [0.3, 0.4) is 0 Å². The number of alkyl halides is 3. The second-order valence-corrected chi connectivity index (χ2v) is 4.35. The Morgan fingerprint density at radius 2 is 1.81 bits per heavy atom. The van der Waals surface area contributed by atoms with E-state index in [0.29, 0.717) is 0 Å². The Morgan fingerprint density at radius 3 is 2.24 bits per heavy atom. The molecule has 0 aliphatic carbocycles. The number of nitrogens with zero attached hydrogens (tertiary/aromatic N) is 1. The lowest BCUT2D eigenvalue weighted by atomic mass is 10.2. The fourth-order valence-electron chi connectivity index (χ4n) is 1.80. The third-order valence-corrected chi connectivity index (χ3v) is 2.64. The zero-order chi connectivity index (χ0) is 16.2. The number of nitrogens with one attached hydrogen (secondary N) is 1. The van der Waals surface area contributed by atoms with Crippen LogP contribution < -0.4 is 14.8 Å². The van der Waals surface area contributed by atoms with Gasteiger partial charge in [0, 0.05) is 12.1 Å². The van der Waals surface area contributed by atoms with E-state index in [0.717, 1.165) is 6.07 Å². The van der Waals surface area contributed by atoms with E-state index in [1.54, 1.807) is 0 Å². The highest BCUT2D eigenvalue weighted by Gasteiger charge is 2.31. The van der Waals surface area contributed by atoms with Gasteiger partial charge in [-0.15, -0.1) is 0 Å². The maximum absolute atomic E-state index is 12.3. The van der Waals surface area contributed by atoms with E-state index in [-0.39, 0.29) is 22.9 Å². The molecule has 0 aromatic heterocycles. The highest BCUT2D eigenvalue weighted by atomic mass is 19.4. The first-order chi connectivity index (χ1) is 9.67. The molecule has 0 bridgehead atoms. The molecule has 1 atom stereocenters. The molecule has 1 aromatic rings. The van der Waals surface area contributed by atoms with Crippen LogP contribution in [0.2, 0.25) is 0 Å². The van der Waals surface area contributed by atoms with Crippen molar-refractivity contribution in [3.8, 4) is 11.5 Å². The lowest BCUT2D eigenvalue weighted by molar-refractivity contribution is -0.384. The fourth-order valence-corrected chi connectivity index (χ4v) is 1.80. The molecule has 0 saturated carbocycles. The van der Waals surface area contributed by atoms with Crippen molar-refractivity contribution >= 4 is 11.4 Å². The predicted octanol–water partition coefficient (Wildman–Crippen LogP) is 3.36. The number of benzene rings is 1. The number of rotatable bonds is 6. The van der Waals surface area contributed by atoms with E-state index < -0.39 is 23.6 Å². The summed E-state index contributed by atoms with van der Waals surface area (Å²) in [4.78, 5) is 10.3. The number of methoxy groups -OCH3 is 2. The van der Waals surface area contributed by atoms with Gasteiger partial charge in [-0.3, -0.25) is 10.1 Å². The number of hydrogen-bond acceptors (Lipinski definition) is 5. The molecule has 21 heavy (non-hydrogen) atoms. The minimum absolute atomic E-state index is 0.0607. The zero-order valence-electron chi connectivity index (χ0n) is 11.7. The van der Waals surface area contributed by atoms with E-state index in [1.165, 1.54) is 27.2 Å². The Hall–Kier alpha value is -2.19. The monoisotopic (exact) mass is 308 g/mol. The van der Waals surface area contributed by atoms with Crippen LogP contribution in [0, 0.1) is 10.1 Å². The van der Waals surface area contributed by atoms with Gasteiger partial charge in [-0.1, -0.05) is 0 Å². The first-order valence-corrected chi connectivity index (χ1v) is 5.91. The molecular formula is C12H15F3N2O4. The van der Waals surface area contributed by atoms with Gasteiger partial charge in [0.1, 0.15) is 5.69 Å². The van der Waals surface area contributed by atoms with Crippen molar-refractivity contribution in [2.75, 3.05) is 19.5 Å². The summed E-state index contributed by atoms with van der Waals surface area (Å²) >= 11 is 0. The predicted molar refractivity (Wildman–Crippen MR) is 70.0 cm³/mol. The summed E-state index contributed by atoms with van der Waals surface area (Å²) < 4.78 is 46.9. The Morgan fingerprint density at radius 1 is 1.29 bits per heavy atom. The van der Waals surface area contributed by atoms with E-state index in [4.69, 9.17) is 9.47 Å². The number of nitro benzene ring substituents is 1. The summed E-state index contributed by atoms with van der Waals surface area (Å²) in [6.45, 7) is 1.29. The number of nitro groups is 1. The van der Waals surface area contributed by atoms with Gasteiger partial charge in [0.05, 0.1) is 31.6 Å². The third-order valence-electron chi connectivity index (χ3n) is 2.64. The molecule has 1 unspecified atom stereocenters. The van der Waals surface area contributed by atoms with Gasteiger partial charge < -0.3 is 14.8 Å². The van der Waals surface area contributed by atoms with Gasteiger partial charge in [0.15, 0.2) is 11.5 Å². The highest BCUT2D eigenvalue weighted by Crippen LogP contribution is 2.38. The van der Waals surface area contributed by atoms with Gasteiger partial charge in [-0.2, -0.15) is 13.2 Å². The molecule has 0 spiro atoms. The van der Waals surface area contributed by atoms with E-state index in [1.807, 2.05) is 0 Å². The zero-order valence-corrected chi connectivity index (χ0v) is 11.7. The van der Waals surface area contributed by atoms with Crippen LogP contribution in [-0.2, 0) is 0 Å². The van der Waals surface area contributed by atoms with Crippen molar-refractivity contribution in [2.45, 2.75) is 25.6 Å². The molecule has 1 rings (SSSR count). The summed E-state index contributed by atoms with van der Waals surface area (Å²) in [5.41, 5.74) is -0.448. The Kier molecular flexibility index (Phi) is 5.23. The second kappa shape index (κ2) is 6.51. The molecule has 9 heteroatoms. The van der Waals surface area contributed by atoms with E-state index in [2.05, 4.69) is 5.32 Å². The molecule has 118 valence electrons. The number of hydrogen-bond donors (Lipinski definition) is 1. The Balaban J connectivity index is 3.12. The summed E-state index contributed by atoms with van der Waals surface area (Å²) in [7, 11) is 2.63. The van der Waals surface area contributed by atoms with Gasteiger partial charge in [-0.25, -0.2) is 0 Å². The molecule has 0 amide bonds. The van der Waals surface area contributed by atoms with Crippen molar-refractivity contribution < 1.29 is 27.6 Å². The average molecular weight is 308 g/mol. The van der Waals surface area contributed by atoms with Crippen LogP contribution in [0.15, 0.2) is 12.1 Å². The minimum Gasteiger partial charge on any atom is -0.493 e. The minimum atomic E-state index is -4.36. The summed E-state index contributed by atoms with van der Waals surface area (Å²) in [6.07, 6.45) is -5.48. The number of halogens is 3. The molecule has 1 N–H and O–H groups in total. The first-order valence-electron chi connectivity index (χ1n) is 5.91. The van der Waals surface area contributed by atoms with Crippen LogP contribution in [0.25, 0.3) is 0 Å². The molecule has 0 radical (unpaired) electrons. The molecule has 0 heterocycles. The summed E-state index contributed by atoms with van der Waals surface area (Å²) in [6, 6.07) is 1.31. The Bertz CT molecular complexity index is 520. The standard InChI is InChI=1S/C12H15F3N2O4/c1-7(6-12(13,14)15)16-8-4-10(20-2)11(21-3)5-9(8)17(18)19/h4-5,7,16H,6H2,1-3H3.